The fraction of sp³-hybridized carbons (Fsp3) is 0.562. The van der Waals surface area contributed by atoms with Gasteiger partial charge in [0, 0.05) is 32.2 Å². The molecule has 2 N–H and O–H groups in total. The van der Waals surface area contributed by atoms with Gasteiger partial charge in [-0.05, 0) is 32.9 Å². The number of carbonyl (C=O) groups excluding carboxylic acids is 1. The van der Waals surface area contributed by atoms with Gasteiger partial charge in [-0.25, -0.2) is 4.79 Å². The van der Waals surface area contributed by atoms with Crippen LogP contribution in [0.1, 0.15) is 20.8 Å². The van der Waals surface area contributed by atoms with E-state index in [1.165, 1.54) is 12.1 Å². The van der Waals surface area contributed by atoms with E-state index in [2.05, 4.69) is 4.74 Å². The number of amides is 1. The molecule has 9 heteroatoms. The first-order valence-corrected chi connectivity index (χ1v) is 7.83. The molecule has 0 atom stereocenters. The minimum Gasteiger partial charge on any atom is -0.444 e. The van der Waals surface area contributed by atoms with Crippen LogP contribution in [-0.2, 0) is 4.74 Å². The van der Waals surface area contributed by atoms with E-state index in [4.69, 9.17) is 10.5 Å². The molecule has 140 valence electrons. The maximum Gasteiger partial charge on any atom is 0.573 e. The number of nitrogen functional groups attached to an aromatic ring is 1. The summed E-state index contributed by atoms with van der Waals surface area (Å²) in [5.74, 6) is -0.360. The quantitative estimate of drug-likeness (QED) is 0.819. The highest BCUT2D eigenvalue weighted by molar-refractivity contribution is 5.71. The molecule has 1 aromatic rings. The molecular formula is C16H22F3N3O3. The molecule has 1 amide bonds. The van der Waals surface area contributed by atoms with Crippen molar-refractivity contribution >= 4 is 17.5 Å². The van der Waals surface area contributed by atoms with Crippen molar-refractivity contribution in [3.63, 3.8) is 0 Å². The third-order valence-corrected chi connectivity index (χ3v) is 3.50. The highest BCUT2D eigenvalue weighted by Gasteiger charge is 2.31. The third-order valence-electron chi connectivity index (χ3n) is 3.50. The van der Waals surface area contributed by atoms with Crippen LogP contribution in [0.4, 0.5) is 29.3 Å². The summed E-state index contributed by atoms with van der Waals surface area (Å²) >= 11 is 0. The summed E-state index contributed by atoms with van der Waals surface area (Å²) in [7, 11) is 0. The number of piperazine rings is 1. The van der Waals surface area contributed by atoms with Crippen molar-refractivity contribution in [3.8, 4) is 5.75 Å². The van der Waals surface area contributed by atoms with Crippen molar-refractivity contribution in [2.24, 2.45) is 0 Å². The number of halogens is 3. The maximum atomic E-state index is 12.2. The number of hydrogen-bond donors (Lipinski definition) is 1. The van der Waals surface area contributed by atoms with Crippen LogP contribution in [0.3, 0.4) is 0 Å². The van der Waals surface area contributed by atoms with E-state index in [0.717, 1.165) is 6.07 Å². The smallest absolute Gasteiger partial charge is 0.444 e. The molecular weight excluding hydrogens is 339 g/mol. The van der Waals surface area contributed by atoms with Crippen molar-refractivity contribution in [2.75, 3.05) is 36.8 Å². The van der Waals surface area contributed by atoms with Crippen LogP contribution >= 0.6 is 0 Å². The van der Waals surface area contributed by atoms with Crippen molar-refractivity contribution in [1.82, 2.24) is 4.90 Å². The number of hydrogen-bond acceptors (Lipinski definition) is 5. The molecule has 1 fully saturated rings. The number of anilines is 2. The zero-order chi connectivity index (χ0) is 18.8. The van der Waals surface area contributed by atoms with Gasteiger partial charge in [0.15, 0.2) is 0 Å². The molecule has 0 saturated carbocycles. The Bertz CT molecular complexity index is 621. The van der Waals surface area contributed by atoms with Crippen LogP contribution in [0.15, 0.2) is 18.2 Å². The Labute approximate surface area is 144 Å². The van der Waals surface area contributed by atoms with Crippen LogP contribution in [0.5, 0.6) is 5.75 Å². The Morgan fingerprint density at radius 2 is 1.72 bits per heavy atom. The van der Waals surface area contributed by atoms with Gasteiger partial charge in [0.2, 0.25) is 0 Å². The van der Waals surface area contributed by atoms with Gasteiger partial charge >= 0.3 is 12.5 Å². The van der Waals surface area contributed by atoms with Crippen LogP contribution in [0.2, 0.25) is 0 Å². The maximum absolute atomic E-state index is 12.2. The standard InChI is InChI=1S/C16H22F3N3O3/c1-15(2,3)25-14(23)22-8-6-21(7-9-22)13-5-4-11(10-12(13)20)24-16(17,18)19/h4-5,10H,6-9,20H2,1-3H3. The molecule has 6 nitrogen and oxygen atoms in total. The fourth-order valence-electron chi connectivity index (χ4n) is 2.47. The summed E-state index contributed by atoms with van der Waals surface area (Å²) in [6.45, 7) is 7.28. The molecule has 0 bridgehead atoms. The number of carbonyl (C=O) groups is 1. The monoisotopic (exact) mass is 361 g/mol. The number of nitrogens with zero attached hydrogens (tertiary/aromatic N) is 2. The molecule has 0 radical (unpaired) electrons. The minimum absolute atomic E-state index is 0.187. The minimum atomic E-state index is -4.76. The fourth-order valence-corrected chi connectivity index (χ4v) is 2.47. The van der Waals surface area contributed by atoms with E-state index in [0.29, 0.717) is 31.9 Å². The summed E-state index contributed by atoms with van der Waals surface area (Å²) in [6.07, 6.45) is -5.14. The van der Waals surface area contributed by atoms with Gasteiger partial charge in [0.25, 0.3) is 0 Å². The largest absolute Gasteiger partial charge is 0.573 e. The second-order valence-corrected chi connectivity index (χ2v) is 6.72. The van der Waals surface area contributed by atoms with E-state index in [1.807, 2.05) is 4.90 Å². The van der Waals surface area contributed by atoms with Crippen LogP contribution in [0.25, 0.3) is 0 Å². The molecule has 0 spiro atoms. The lowest BCUT2D eigenvalue weighted by Crippen LogP contribution is -2.50. The molecule has 1 aliphatic heterocycles. The molecule has 0 aromatic heterocycles. The highest BCUT2D eigenvalue weighted by Crippen LogP contribution is 2.31. The van der Waals surface area contributed by atoms with Gasteiger partial charge in [-0.3, -0.25) is 0 Å². The summed E-state index contributed by atoms with van der Waals surface area (Å²) in [5.41, 5.74) is 6.09. The van der Waals surface area contributed by atoms with Gasteiger partial charge < -0.3 is 25.0 Å². The number of nitrogens with two attached hydrogens (primary N) is 1. The van der Waals surface area contributed by atoms with Gasteiger partial charge in [0.05, 0.1) is 11.4 Å². The first-order valence-electron chi connectivity index (χ1n) is 7.83. The molecule has 0 aliphatic carbocycles. The lowest BCUT2D eigenvalue weighted by molar-refractivity contribution is -0.274. The number of ether oxygens (including phenoxy) is 2. The zero-order valence-corrected chi connectivity index (χ0v) is 14.4. The molecule has 1 aliphatic rings. The van der Waals surface area contributed by atoms with Crippen LogP contribution < -0.4 is 15.4 Å². The summed E-state index contributed by atoms with van der Waals surface area (Å²) in [5, 5.41) is 0. The highest BCUT2D eigenvalue weighted by atomic mass is 19.4. The molecule has 1 saturated heterocycles. The van der Waals surface area contributed by atoms with Crippen molar-refractivity contribution < 1.29 is 27.4 Å². The first-order chi connectivity index (χ1) is 11.4. The third kappa shape index (κ3) is 5.61. The summed E-state index contributed by atoms with van der Waals surface area (Å²) in [4.78, 5) is 15.5. The normalized spacial score (nSPS) is 15.9. The Morgan fingerprint density at radius 1 is 1.12 bits per heavy atom. The lowest BCUT2D eigenvalue weighted by Gasteiger charge is -2.37. The molecule has 25 heavy (non-hydrogen) atoms. The second-order valence-electron chi connectivity index (χ2n) is 6.72. The summed E-state index contributed by atoms with van der Waals surface area (Å²) in [6, 6.07) is 3.85. The second kappa shape index (κ2) is 6.89. The first kappa shape index (κ1) is 19.0. The Kier molecular flexibility index (Phi) is 5.24. The number of alkyl halides is 3. The predicted molar refractivity (Wildman–Crippen MR) is 87.6 cm³/mol. The number of benzene rings is 1. The van der Waals surface area contributed by atoms with E-state index < -0.39 is 12.0 Å². The topological polar surface area (TPSA) is 68.0 Å². The molecule has 2 rings (SSSR count). The van der Waals surface area contributed by atoms with Crippen LogP contribution in [-0.4, -0.2) is 49.1 Å². The zero-order valence-electron chi connectivity index (χ0n) is 14.4. The van der Waals surface area contributed by atoms with Crippen molar-refractivity contribution in [1.29, 1.82) is 0 Å². The van der Waals surface area contributed by atoms with E-state index >= 15 is 0 Å². The van der Waals surface area contributed by atoms with Gasteiger partial charge in [-0.2, -0.15) is 0 Å². The predicted octanol–water partition coefficient (Wildman–Crippen LogP) is 3.22. The molecule has 0 unspecified atom stereocenters. The van der Waals surface area contributed by atoms with Crippen molar-refractivity contribution in [3.05, 3.63) is 18.2 Å². The van der Waals surface area contributed by atoms with E-state index in [1.54, 1.807) is 25.7 Å². The molecule has 1 aromatic carbocycles. The van der Waals surface area contributed by atoms with Crippen molar-refractivity contribution in [2.45, 2.75) is 32.7 Å². The SMILES string of the molecule is CC(C)(C)OC(=O)N1CCN(c2ccc(OC(F)(F)F)cc2N)CC1. The lowest BCUT2D eigenvalue weighted by atomic mass is 10.2. The average molecular weight is 361 g/mol. The van der Waals surface area contributed by atoms with Gasteiger partial charge in [-0.15, -0.1) is 13.2 Å². The number of rotatable bonds is 2. The van der Waals surface area contributed by atoms with Gasteiger partial charge in [-0.1, -0.05) is 0 Å². The Hall–Kier alpha value is -2.32. The van der Waals surface area contributed by atoms with Crippen LogP contribution in [0, 0.1) is 0 Å². The summed E-state index contributed by atoms with van der Waals surface area (Å²) < 4.78 is 45.9. The van der Waals surface area contributed by atoms with E-state index in [-0.39, 0.29) is 17.5 Å². The Balaban J connectivity index is 1.98. The Morgan fingerprint density at radius 3 is 2.20 bits per heavy atom. The van der Waals surface area contributed by atoms with Gasteiger partial charge in [0.1, 0.15) is 11.4 Å². The molecule has 1 heterocycles. The average Bonchev–Trinajstić information content (AvgIpc) is 2.44. The van der Waals surface area contributed by atoms with E-state index in [9.17, 15) is 18.0 Å².